The van der Waals surface area contributed by atoms with E-state index in [9.17, 15) is 22.4 Å². The number of piperidine rings is 1. The molecule has 1 fully saturated rings. The number of sulfonamides is 1. The smallest absolute Gasteiger partial charge is 0.306 e. The van der Waals surface area contributed by atoms with Gasteiger partial charge in [0.1, 0.15) is 5.82 Å². The molecule has 0 aromatic heterocycles. The molecular weight excluding hydrogens is 421 g/mol. The van der Waals surface area contributed by atoms with Crippen LogP contribution in [-0.2, 0) is 26.0 Å². The maximum Gasteiger partial charge on any atom is 0.306 e. The third kappa shape index (κ3) is 5.98. The number of rotatable bonds is 8. The Morgan fingerprint density at radius 3 is 2.23 bits per heavy atom. The second-order valence-corrected chi connectivity index (χ2v) is 9.55. The molecule has 0 N–H and O–H groups in total. The van der Waals surface area contributed by atoms with E-state index in [1.54, 1.807) is 24.3 Å². The summed E-state index contributed by atoms with van der Waals surface area (Å²) >= 11 is 0. The molecule has 0 bridgehead atoms. The zero-order chi connectivity index (χ0) is 22.4. The summed E-state index contributed by atoms with van der Waals surface area (Å²) in [6.45, 7) is 2.57. The number of ether oxygens (including phenoxy) is 1. The van der Waals surface area contributed by atoms with E-state index in [1.807, 2.05) is 0 Å². The Kier molecular flexibility index (Phi) is 7.56. The van der Waals surface area contributed by atoms with Crippen molar-refractivity contribution in [2.75, 3.05) is 13.1 Å². The molecule has 2 aromatic rings. The van der Waals surface area contributed by atoms with Gasteiger partial charge >= 0.3 is 5.97 Å². The van der Waals surface area contributed by atoms with Crippen molar-refractivity contribution in [1.29, 1.82) is 0 Å². The number of halogens is 1. The molecule has 1 saturated heterocycles. The Hall–Kier alpha value is -2.58. The first-order chi connectivity index (χ1) is 14.8. The van der Waals surface area contributed by atoms with Crippen molar-refractivity contribution < 1.29 is 27.1 Å². The molecule has 0 amide bonds. The fourth-order valence-electron chi connectivity index (χ4n) is 3.49. The van der Waals surface area contributed by atoms with E-state index < -0.39 is 33.7 Å². The van der Waals surface area contributed by atoms with Gasteiger partial charge in [-0.1, -0.05) is 18.6 Å². The maximum absolute atomic E-state index is 13.0. The Balaban J connectivity index is 1.52. The second-order valence-electron chi connectivity index (χ2n) is 7.61. The van der Waals surface area contributed by atoms with E-state index >= 15 is 0 Å². The topological polar surface area (TPSA) is 80.8 Å². The predicted molar refractivity (Wildman–Crippen MR) is 114 cm³/mol. The number of nitrogens with zero attached hydrogens (tertiary/aromatic N) is 1. The minimum absolute atomic E-state index is 0.0548. The van der Waals surface area contributed by atoms with Gasteiger partial charge in [-0.2, -0.15) is 4.31 Å². The lowest BCUT2D eigenvalue weighted by Gasteiger charge is -2.25. The zero-order valence-electron chi connectivity index (χ0n) is 17.4. The second kappa shape index (κ2) is 10.2. The highest BCUT2D eigenvalue weighted by Gasteiger charge is 2.25. The van der Waals surface area contributed by atoms with Crippen molar-refractivity contribution in [2.45, 2.75) is 50.0 Å². The fourth-order valence-corrected chi connectivity index (χ4v) is 5.00. The Morgan fingerprint density at radius 2 is 1.61 bits per heavy atom. The van der Waals surface area contributed by atoms with E-state index in [0.29, 0.717) is 19.5 Å². The summed E-state index contributed by atoms with van der Waals surface area (Å²) in [5, 5.41) is 0. The molecule has 3 rings (SSSR count). The van der Waals surface area contributed by atoms with Crippen LogP contribution in [0.1, 0.15) is 48.5 Å². The van der Waals surface area contributed by atoms with Crippen molar-refractivity contribution in [3.8, 4) is 0 Å². The number of carbonyl (C=O) groups excluding carboxylic acids is 2. The van der Waals surface area contributed by atoms with Crippen LogP contribution >= 0.6 is 0 Å². The number of esters is 1. The third-order valence-corrected chi connectivity index (χ3v) is 7.21. The Morgan fingerprint density at radius 1 is 1.00 bits per heavy atom. The highest BCUT2D eigenvalue weighted by Crippen LogP contribution is 2.21. The van der Waals surface area contributed by atoms with Gasteiger partial charge in [-0.25, -0.2) is 12.8 Å². The molecule has 1 aliphatic rings. The molecule has 1 atom stereocenters. The van der Waals surface area contributed by atoms with Gasteiger partial charge in [-0.05, 0) is 68.1 Å². The van der Waals surface area contributed by atoms with Crippen LogP contribution in [0, 0.1) is 5.82 Å². The third-order valence-electron chi connectivity index (χ3n) is 5.30. The van der Waals surface area contributed by atoms with Gasteiger partial charge in [0.25, 0.3) is 0 Å². The standard InChI is InChI=1S/C23H26FNO5S/c1-17(23(27)19-8-10-20(24)11-9-19)30-22(26)14-7-18-5-12-21(13-6-18)31(28,29)25-15-3-2-4-16-25/h5-6,8-13,17H,2-4,7,14-16H2,1H3. The summed E-state index contributed by atoms with van der Waals surface area (Å²) in [6.07, 6.45) is 2.24. The van der Waals surface area contributed by atoms with Gasteiger partial charge in [-0.15, -0.1) is 0 Å². The highest BCUT2D eigenvalue weighted by molar-refractivity contribution is 7.89. The molecule has 8 heteroatoms. The van der Waals surface area contributed by atoms with Crippen LogP contribution < -0.4 is 0 Å². The van der Waals surface area contributed by atoms with E-state index in [1.165, 1.54) is 35.5 Å². The zero-order valence-corrected chi connectivity index (χ0v) is 18.2. The normalized spacial score (nSPS) is 15.9. The van der Waals surface area contributed by atoms with Gasteiger partial charge in [-0.3, -0.25) is 9.59 Å². The summed E-state index contributed by atoms with van der Waals surface area (Å²) in [5.41, 5.74) is 1.07. The first-order valence-electron chi connectivity index (χ1n) is 10.4. The van der Waals surface area contributed by atoms with Crippen molar-refractivity contribution in [2.24, 2.45) is 0 Å². The molecule has 166 valence electrons. The molecule has 6 nitrogen and oxygen atoms in total. The van der Waals surface area contributed by atoms with Crippen LogP contribution in [0.15, 0.2) is 53.4 Å². The van der Waals surface area contributed by atoms with Crippen LogP contribution in [0.4, 0.5) is 4.39 Å². The number of ketones is 1. The summed E-state index contributed by atoms with van der Waals surface area (Å²) < 4.78 is 45.1. The lowest BCUT2D eigenvalue weighted by Crippen LogP contribution is -2.35. The van der Waals surface area contributed by atoms with Gasteiger partial charge in [0.15, 0.2) is 6.10 Å². The van der Waals surface area contributed by atoms with E-state index in [2.05, 4.69) is 0 Å². The van der Waals surface area contributed by atoms with Crippen molar-refractivity contribution in [1.82, 2.24) is 4.31 Å². The lowest BCUT2D eigenvalue weighted by atomic mass is 10.1. The van der Waals surface area contributed by atoms with Crippen molar-refractivity contribution >= 4 is 21.8 Å². The van der Waals surface area contributed by atoms with Crippen molar-refractivity contribution in [3.05, 3.63) is 65.5 Å². The quantitative estimate of drug-likeness (QED) is 0.455. The van der Waals surface area contributed by atoms with Gasteiger partial charge in [0.05, 0.1) is 4.90 Å². The number of benzene rings is 2. The van der Waals surface area contributed by atoms with Crippen LogP contribution in [-0.4, -0.2) is 43.7 Å². The molecular formula is C23H26FNO5S. The van der Waals surface area contributed by atoms with Gasteiger partial charge < -0.3 is 4.74 Å². The average molecular weight is 448 g/mol. The molecule has 0 saturated carbocycles. The molecule has 2 aromatic carbocycles. The molecule has 31 heavy (non-hydrogen) atoms. The minimum Gasteiger partial charge on any atom is -0.454 e. The fraction of sp³-hybridized carbons (Fsp3) is 0.391. The SMILES string of the molecule is CC(OC(=O)CCc1ccc(S(=O)(=O)N2CCCCC2)cc1)C(=O)c1ccc(F)cc1. The summed E-state index contributed by atoms with van der Waals surface area (Å²) in [6, 6.07) is 11.6. The van der Waals surface area contributed by atoms with Crippen LogP contribution in [0.25, 0.3) is 0 Å². The maximum atomic E-state index is 13.0. The lowest BCUT2D eigenvalue weighted by molar-refractivity contribution is -0.146. The largest absolute Gasteiger partial charge is 0.454 e. The average Bonchev–Trinajstić information content (AvgIpc) is 2.78. The van der Waals surface area contributed by atoms with Crippen molar-refractivity contribution in [3.63, 3.8) is 0 Å². The number of hydrogen-bond donors (Lipinski definition) is 0. The molecule has 0 radical (unpaired) electrons. The number of carbonyl (C=O) groups is 2. The first-order valence-corrected chi connectivity index (χ1v) is 11.8. The molecule has 1 heterocycles. The van der Waals surface area contributed by atoms with Gasteiger partial charge in [0.2, 0.25) is 15.8 Å². The summed E-state index contributed by atoms with van der Waals surface area (Å²) in [4.78, 5) is 24.6. The molecule has 0 spiro atoms. The highest BCUT2D eigenvalue weighted by atomic mass is 32.2. The van der Waals surface area contributed by atoms with Crippen LogP contribution in [0.2, 0.25) is 0 Å². The van der Waals surface area contributed by atoms with Crippen LogP contribution in [0.5, 0.6) is 0 Å². The Bertz CT molecular complexity index is 1010. The first kappa shape index (κ1) is 23.1. The number of Topliss-reactive ketones (excluding diaryl/α,β-unsaturated/α-hetero) is 1. The van der Waals surface area contributed by atoms with E-state index in [-0.39, 0.29) is 16.9 Å². The minimum atomic E-state index is -3.48. The summed E-state index contributed by atoms with van der Waals surface area (Å²) in [7, 11) is -3.48. The Labute approximate surface area is 182 Å². The van der Waals surface area contributed by atoms with E-state index in [4.69, 9.17) is 4.74 Å². The van der Waals surface area contributed by atoms with E-state index in [0.717, 1.165) is 24.8 Å². The molecule has 0 aliphatic carbocycles. The monoisotopic (exact) mass is 447 g/mol. The molecule has 1 unspecified atom stereocenters. The van der Waals surface area contributed by atoms with Gasteiger partial charge in [0, 0.05) is 25.1 Å². The summed E-state index contributed by atoms with van der Waals surface area (Å²) in [5.74, 6) is -1.38. The molecule has 1 aliphatic heterocycles. The number of hydrogen-bond acceptors (Lipinski definition) is 5. The predicted octanol–water partition coefficient (Wildman–Crippen LogP) is 3.75. The van der Waals surface area contributed by atoms with Crippen LogP contribution in [0.3, 0.4) is 0 Å². The number of aryl methyl sites for hydroxylation is 1.